The SMILES string of the molecule is CNC1CC(C)NC(NC2CC3CCOC3C(C3=CCN(C)C[C@@H](O)C3)C2F)N1. The first kappa shape index (κ1) is 21.6. The van der Waals surface area contributed by atoms with E-state index in [1.54, 1.807) is 0 Å². The van der Waals surface area contributed by atoms with Gasteiger partial charge < -0.3 is 20.1 Å². The van der Waals surface area contributed by atoms with Crippen LogP contribution in [-0.2, 0) is 4.74 Å². The topological polar surface area (TPSA) is 80.8 Å². The summed E-state index contributed by atoms with van der Waals surface area (Å²) in [6, 6.07) is 0.108. The predicted molar refractivity (Wildman–Crippen MR) is 111 cm³/mol. The predicted octanol–water partition coefficient (Wildman–Crippen LogP) is 0.131. The number of halogens is 1. The van der Waals surface area contributed by atoms with Crippen LogP contribution in [0.2, 0.25) is 0 Å². The lowest BCUT2D eigenvalue weighted by Crippen LogP contribution is -2.69. The van der Waals surface area contributed by atoms with Crippen LogP contribution >= 0.6 is 0 Å². The van der Waals surface area contributed by atoms with Gasteiger partial charge in [0, 0.05) is 37.7 Å². The molecule has 0 aromatic heterocycles. The minimum Gasteiger partial charge on any atom is -0.391 e. The third kappa shape index (κ3) is 4.84. The zero-order chi connectivity index (χ0) is 20.5. The standard InChI is InChI=1S/C21H38FN5O2/c1-12-8-17(23-2)26-21(24-12)25-16-10-14-5-7-29-20(14)18(19(16)22)13-4-6-27(3)11-15(28)9-13/h4,12,14-21,23-26,28H,5-11H2,1-3H3/t12?,14?,15-,16?,17?,18?,19?,20?,21?/m0/s1. The first-order chi connectivity index (χ1) is 13.9. The Kier molecular flexibility index (Phi) is 6.90. The highest BCUT2D eigenvalue weighted by atomic mass is 19.1. The number of hydrogen-bond acceptors (Lipinski definition) is 7. The lowest BCUT2D eigenvalue weighted by molar-refractivity contribution is -0.0278. The zero-order valence-electron chi connectivity index (χ0n) is 17.9. The summed E-state index contributed by atoms with van der Waals surface area (Å²) in [5, 5.41) is 24.2. The fraction of sp³-hybridized carbons (Fsp3) is 0.905. The molecular formula is C21H38FN5O2. The molecule has 3 fully saturated rings. The molecule has 0 aromatic rings. The van der Waals surface area contributed by atoms with E-state index in [-0.39, 0.29) is 30.5 Å². The van der Waals surface area contributed by atoms with Gasteiger partial charge in [0.25, 0.3) is 0 Å². The number of likely N-dealkylation sites (N-methyl/N-ethyl adjacent to an activating group) is 1. The van der Waals surface area contributed by atoms with Gasteiger partial charge in [-0.1, -0.05) is 11.6 Å². The summed E-state index contributed by atoms with van der Waals surface area (Å²) >= 11 is 0. The molecule has 4 aliphatic rings. The quantitative estimate of drug-likeness (QED) is 0.421. The Morgan fingerprint density at radius 3 is 2.93 bits per heavy atom. The molecule has 7 nitrogen and oxygen atoms in total. The van der Waals surface area contributed by atoms with E-state index in [0.29, 0.717) is 31.5 Å². The minimum atomic E-state index is -1.04. The highest BCUT2D eigenvalue weighted by Crippen LogP contribution is 2.44. The maximum absolute atomic E-state index is 16.0. The van der Waals surface area contributed by atoms with Gasteiger partial charge in [-0.25, -0.2) is 4.39 Å². The van der Waals surface area contributed by atoms with Crippen molar-refractivity contribution in [3.05, 3.63) is 11.6 Å². The molecule has 8 heteroatoms. The Morgan fingerprint density at radius 1 is 1.31 bits per heavy atom. The number of alkyl halides is 1. The van der Waals surface area contributed by atoms with Crippen LogP contribution in [0.25, 0.3) is 0 Å². The Bertz CT molecular complexity index is 593. The van der Waals surface area contributed by atoms with Gasteiger partial charge in [0.15, 0.2) is 0 Å². The molecule has 4 rings (SSSR count). The fourth-order valence-electron chi connectivity index (χ4n) is 5.70. The van der Waals surface area contributed by atoms with E-state index in [2.05, 4.69) is 39.2 Å². The summed E-state index contributed by atoms with van der Waals surface area (Å²) in [5.41, 5.74) is 1.03. The Morgan fingerprint density at radius 2 is 2.14 bits per heavy atom. The van der Waals surface area contributed by atoms with E-state index < -0.39 is 12.3 Å². The van der Waals surface area contributed by atoms with Crippen molar-refractivity contribution in [2.24, 2.45) is 11.8 Å². The van der Waals surface area contributed by atoms with Crippen molar-refractivity contribution >= 4 is 0 Å². The number of aliphatic hydroxyl groups excluding tert-OH is 1. The number of β-amino-alcohol motifs (C(OH)–C–C–N with tert-alkyl or cyclic N) is 1. The average molecular weight is 412 g/mol. The molecule has 0 amide bonds. The van der Waals surface area contributed by atoms with Gasteiger partial charge in [0.2, 0.25) is 0 Å². The van der Waals surface area contributed by atoms with Crippen LogP contribution in [0, 0.1) is 11.8 Å². The number of hydrogen-bond donors (Lipinski definition) is 5. The van der Waals surface area contributed by atoms with E-state index >= 15 is 4.39 Å². The molecule has 0 bridgehead atoms. The average Bonchev–Trinajstić information content (AvgIpc) is 3.06. The van der Waals surface area contributed by atoms with Crippen LogP contribution in [0.5, 0.6) is 0 Å². The van der Waals surface area contributed by atoms with Crippen LogP contribution < -0.4 is 21.3 Å². The summed E-state index contributed by atoms with van der Waals surface area (Å²) in [6.07, 6.45) is 3.95. The normalized spacial score (nSPS) is 46.8. The molecule has 0 radical (unpaired) electrons. The van der Waals surface area contributed by atoms with E-state index in [9.17, 15) is 5.11 Å². The van der Waals surface area contributed by atoms with Crippen molar-refractivity contribution in [2.45, 2.75) is 75.5 Å². The van der Waals surface area contributed by atoms with Crippen molar-refractivity contribution in [2.75, 3.05) is 33.8 Å². The maximum Gasteiger partial charge on any atom is 0.124 e. The van der Waals surface area contributed by atoms with Gasteiger partial charge in [0.1, 0.15) is 12.5 Å². The number of ether oxygens (including phenoxy) is 1. The van der Waals surface area contributed by atoms with Gasteiger partial charge >= 0.3 is 0 Å². The molecule has 5 N–H and O–H groups in total. The minimum absolute atomic E-state index is 0.0684. The van der Waals surface area contributed by atoms with Gasteiger partial charge in [0.05, 0.1) is 18.4 Å². The van der Waals surface area contributed by atoms with Crippen LogP contribution in [0.4, 0.5) is 4.39 Å². The lowest BCUT2D eigenvalue weighted by atomic mass is 9.70. The first-order valence-electron chi connectivity index (χ1n) is 11.2. The number of nitrogens with one attached hydrogen (secondary N) is 4. The lowest BCUT2D eigenvalue weighted by Gasteiger charge is -2.45. The van der Waals surface area contributed by atoms with Crippen LogP contribution in [-0.4, -0.2) is 86.7 Å². The van der Waals surface area contributed by atoms with Crippen molar-refractivity contribution in [1.29, 1.82) is 0 Å². The summed E-state index contributed by atoms with van der Waals surface area (Å²) < 4.78 is 22.0. The van der Waals surface area contributed by atoms with E-state index in [1.165, 1.54) is 0 Å². The van der Waals surface area contributed by atoms with Crippen molar-refractivity contribution in [1.82, 2.24) is 26.2 Å². The molecular weight excluding hydrogens is 373 g/mol. The molecule has 29 heavy (non-hydrogen) atoms. The van der Waals surface area contributed by atoms with Crippen molar-refractivity contribution in [3.63, 3.8) is 0 Å². The van der Waals surface area contributed by atoms with Gasteiger partial charge in [-0.2, -0.15) is 0 Å². The van der Waals surface area contributed by atoms with E-state index in [0.717, 1.165) is 31.4 Å². The second kappa shape index (κ2) is 9.26. The highest BCUT2D eigenvalue weighted by Gasteiger charge is 2.50. The molecule has 2 saturated heterocycles. The molecule has 3 aliphatic heterocycles. The molecule has 3 heterocycles. The summed E-state index contributed by atoms with van der Waals surface area (Å²) in [6.45, 7) is 4.24. The molecule has 166 valence electrons. The third-order valence-electron chi connectivity index (χ3n) is 7.13. The van der Waals surface area contributed by atoms with Crippen LogP contribution in [0.3, 0.4) is 0 Å². The monoisotopic (exact) mass is 411 g/mol. The van der Waals surface area contributed by atoms with Crippen molar-refractivity contribution in [3.8, 4) is 0 Å². The second-order valence-electron chi connectivity index (χ2n) is 9.47. The highest BCUT2D eigenvalue weighted by molar-refractivity contribution is 5.19. The summed E-state index contributed by atoms with van der Waals surface area (Å²) in [5.74, 6) is 0.0839. The Labute approximate surface area is 173 Å². The first-order valence-corrected chi connectivity index (χ1v) is 11.2. The Hall–Kier alpha value is -0.610. The summed E-state index contributed by atoms with van der Waals surface area (Å²) in [4.78, 5) is 2.09. The number of nitrogens with zero attached hydrogens (tertiary/aromatic N) is 1. The van der Waals surface area contributed by atoms with Crippen LogP contribution in [0.1, 0.15) is 32.6 Å². The number of fused-ring (bicyclic) bond motifs is 1. The Balaban J connectivity index is 1.51. The fourth-order valence-corrected chi connectivity index (χ4v) is 5.70. The molecule has 0 aromatic carbocycles. The van der Waals surface area contributed by atoms with Gasteiger partial charge in [-0.3, -0.25) is 16.0 Å². The molecule has 9 atom stereocenters. The van der Waals surface area contributed by atoms with Gasteiger partial charge in [-0.15, -0.1) is 0 Å². The van der Waals surface area contributed by atoms with Crippen LogP contribution in [0.15, 0.2) is 11.6 Å². The second-order valence-corrected chi connectivity index (χ2v) is 9.47. The van der Waals surface area contributed by atoms with E-state index in [1.807, 2.05) is 14.1 Å². The zero-order valence-corrected chi connectivity index (χ0v) is 17.9. The molecule has 1 saturated carbocycles. The molecule has 8 unspecified atom stereocenters. The van der Waals surface area contributed by atoms with E-state index in [4.69, 9.17) is 4.74 Å². The van der Waals surface area contributed by atoms with Gasteiger partial charge in [-0.05, 0) is 52.6 Å². The number of aliphatic hydroxyl groups is 1. The molecule has 0 spiro atoms. The van der Waals surface area contributed by atoms with Crippen molar-refractivity contribution < 1.29 is 14.2 Å². The summed E-state index contributed by atoms with van der Waals surface area (Å²) in [7, 11) is 3.94. The smallest absolute Gasteiger partial charge is 0.124 e. The maximum atomic E-state index is 16.0. The largest absolute Gasteiger partial charge is 0.391 e. The third-order valence-corrected chi connectivity index (χ3v) is 7.13. The number of rotatable bonds is 4. The molecule has 1 aliphatic carbocycles.